The Morgan fingerprint density at radius 1 is 1.30 bits per heavy atom. The molecule has 150 valence electrons. The van der Waals surface area contributed by atoms with Crippen molar-refractivity contribution in [1.82, 2.24) is 15.2 Å². The number of likely N-dealkylation sites (N-methyl/N-ethyl adjacent to an activating group) is 1. The lowest BCUT2D eigenvalue weighted by molar-refractivity contribution is -0.00663. The zero-order valence-electron chi connectivity index (χ0n) is 16.9. The van der Waals surface area contributed by atoms with Gasteiger partial charge in [0.1, 0.15) is 5.69 Å². The molecule has 0 spiro atoms. The number of hydrogen-bond acceptors (Lipinski definition) is 6. The SMILES string of the molecule is CC1CN(c2ccnc(C(=O)NCC3(N(C)C)CCOCC3)c2)CC(C)O1. The Balaban J connectivity index is 1.66. The minimum atomic E-state index is -0.126. The average molecular weight is 377 g/mol. The highest BCUT2D eigenvalue weighted by molar-refractivity contribution is 5.93. The van der Waals surface area contributed by atoms with Gasteiger partial charge in [-0.2, -0.15) is 0 Å². The second kappa shape index (κ2) is 8.54. The molecule has 0 radical (unpaired) electrons. The molecule has 7 nitrogen and oxygen atoms in total. The second-order valence-electron chi connectivity index (χ2n) is 7.98. The second-order valence-corrected chi connectivity index (χ2v) is 7.98. The van der Waals surface area contributed by atoms with Crippen molar-refractivity contribution in [2.45, 2.75) is 44.4 Å². The Kier molecular flexibility index (Phi) is 6.34. The van der Waals surface area contributed by atoms with Crippen LogP contribution in [0.2, 0.25) is 0 Å². The zero-order chi connectivity index (χ0) is 19.4. The van der Waals surface area contributed by atoms with Crippen molar-refractivity contribution in [3.05, 3.63) is 24.0 Å². The molecular weight excluding hydrogens is 344 g/mol. The Labute approximate surface area is 162 Å². The van der Waals surface area contributed by atoms with Crippen LogP contribution in [0.15, 0.2) is 18.3 Å². The van der Waals surface area contributed by atoms with Gasteiger partial charge in [-0.15, -0.1) is 0 Å². The molecule has 7 heteroatoms. The summed E-state index contributed by atoms with van der Waals surface area (Å²) in [5, 5.41) is 3.10. The molecule has 2 aliphatic rings. The number of nitrogens with zero attached hydrogens (tertiary/aromatic N) is 3. The van der Waals surface area contributed by atoms with Crippen molar-refractivity contribution in [2.75, 3.05) is 51.8 Å². The number of morpholine rings is 1. The number of anilines is 1. The van der Waals surface area contributed by atoms with Crippen molar-refractivity contribution < 1.29 is 14.3 Å². The molecule has 0 saturated carbocycles. The van der Waals surface area contributed by atoms with Crippen molar-refractivity contribution in [3.8, 4) is 0 Å². The van der Waals surface area contributed by atoms with E-state index in [2.05, 4.69) is 48.0 Å². The first kappa shape index (κ1) is 20.0. The van der Waals surface area contributed by atoms with E-state index in [1.54, 1.807) is 6.20 Å². The molecule has 0 aliphatic carbocycles. The molecule has 3 heterocycles. The summed E-state index contributed by atoms with van der Waals surface area (Å²) in [6, 6.07) is 3.84. The standard InChI is InChI=1S/C20H32N4O3/c1-15-12-24(13-16(2)27-15)17-5-8-21-18(11-17)19(25)22-14-20(23(3)4)6-9-26-10-7-20/h5,8,11,15-16H,6-7,9-10,12-14H2,1-4H3,(H,22,25). The van der Waals surface area contributed by atoms with E-state index < -0.39 is 0 Å². The quantitative estimate of drug-likeness (QED) is 0.841. The summed E-state index contributed by atoms with van der Waals surface area (Å²) >= 11 is 0. The molecule has 2 unspecified atom stereocenters. The first-order valence-electron chi connectivity index (χ1n) is 9.79. The van der Waals surface area contributed by atoms with Gasteiger partial charge >= 0.3 is 0 Å². The first-order chi connectivity index (χ1) is 12.9. The van der Waals surface area contributed by atoms with Crippen LogP contribution in [0, 0.1) is 0 Å². The van der Waals surface area contributed by atoms with E-state index in [4.69, 9.17) is 9.47 Å². The van der Waals surface area contributed by atoms with Gasteiger partial charge in [0.15, 0.2) is 0 Å². The number of amides is 1. The van der Waals surface area contributed by atoms with E-state index in [0.717, 1.165) is 44.8 Å². The highest BCUT2D eigenvalue weighted by Crippen LogP contribution is 2.25. The largest absolute Gasteiger partial charge is 0.381 e. The number of ether oxygens (including phenoxy) is 2. The molecule has 0 aromatic carbocycles. The van der Waals surface area contributed by atoms with E-state index in [-0.39, 0.29) is 23.7 Å². The molecular formula is C20H32N4O3. The van der Waals surface area contributed by atoms with Crippen LogP contribution < -0.4 is 10.2 Å². The molecule has 1 amide bonds. The topological polar surface area (TPSA) is 66.9 Å². The minimum Gasteiger partial charge on any atom is -0.381 e. The fourth-order valence-corrected chi connectivity index (χ4v) is 4.00. The summed E-state index contributed by atoms with van der Waals surface area (Å²) < 4.78 is 11.3. The smallest absolute Gasteiger partial charge is 0.270 e. The maximum atomic E-state index is 12.7. The lowest BCUT2D eigenvalue weighted by Gasteiger charge is -2.42. The lowest BCUT2D eigenvalue weighted by Crippen LogP contribution is -2.55. The van der Waals surface area contributed by atoms with E-state index in [1.165, 1.54) is 0 Å². The van der Waals surface area contributed by atoms with Crippen molar-refractivity contribution >= 4 is 11.6 Å². The van der Waals surface area contributed by atoms with E-state index >= 15 is 0 Å². The molecule has 1 aromatic heterocycles. The van der Waals surface area contributed by atoms with Crippen LogP contribution in [0.1, 0.15) is 37.2 Å². The Bertz CT molecular complexity index is 636. The number of carbonyl (C=O) groups excluding carboxylic acids is 1. The van der Waals surface area contributed by atoms with Crippen LogP contribution in [-0.4, -0.2) is 80.5 Å². The van der Waals surface area contributed by atoms with Crippen LogP contribution in [0.3, 0.4) is 0 Å². The summed E-state index contributed by atoms with van der Waals surface area (Å²) in [5.41, 5.74) is 1.42. The third-order valence-corrected chi connectivity index (χ3v) is 5.71. The Hall–Kier alpha value is -1.70. The molecule has 1 N–H and O–H groups in total. The molecule has 2 fully saturated rings. The summed E-state index contributed by atoms with van der Waals surface area (Å²) in [6.07, 6.45) is 3.89. The number of nitrogens with one attached hydrogen (secondary N) is 1. The van der Waals surface area contributed by atoms with Gasteiger partial charge in [0.25, 0.3) is 5.91 Å². The van der Waals surface area contributed by atoms with Crippen molar-refractivity contribution in [2.24, 2.45) is 0 Å². The predicted octanol–water partition coefficient (Wildman–Crippen LogP) is 1.54. The summed E-state index contributed by atoms with van der Waals surface area (Å²) in [5.74, 6) is -0.126. The molecule has 2 saturated heterocycles. The average Bonchev–Trinajstić information content (AvgIpc) is 2.66. The first-order valence-corrected chi connectivity index (χ1v) is 9.79. The fraction of sp³-hybridized carbons (Fsp3) is 0.700. The van der Waals surface area contributed by atoms with Gasteiger partial charge in [-0.1, -0.05) is 0 Å². The summed E-state index contributed by atoms with van der Waals surface area (Å²) in [7, 11) is 4.13. The summed E-state index contributed by atoms with van der Waals surface area (Å²) in [6.45, 7) is 7.85. The van der Waals surface area contributed by atoms with Crippen LogP contribution in [-0.2, 0) is 9.47 Å². The van der Waals surface area contributed by atoms with Gasteiger partial charge in [-0.25, -0.2) is 0 Å². The summed E-state index contributed by atoms with van der Waals surface area (Å²) in [4.78, 5) is 21.5. The van der Waals surface area contributed by atoms with Gasteiger partial charge in [-0.3, -0.25) is 9.78 Å². The zero-order valence-corrected chi connectivity index (χ0v) is 16.9. The van der Waals surface area contributed by atoms with E-state index in [1.807, 2.05) is 12.1 Å². The third-order valence-electron chi connectivity index (χ3n) is 5.71. The molecule has 1 aromatic rings. The van der Waals surface area contributed by atoms with Gasteiger partial charge in [0, 0.05) is 50.3 Å². The van der Waals surface area contributed by atoms with Crippen molar-refractivity contribution in [1.29, 1.82) is 0 Å². The highest BCUT2D eigenvalue weighted by Gasteiger charge is 2.35. The maximum Gasteiger partial charge on any atom is 0.270 e. The fourth-order valence-electron chi connectivity index (χ4n) is 4.00. The van der Waals surface area contributed by atoms with Gasteiger partial charge in [0.05, 0.1) is 12.2 Å². The third kappa shape index (κ3) is 4.78. The van der Waals surface area contributed by atoms with E-state index in [0.29, 0.717) is 12.2 Å². The van der Waals surface area contributed by atoms with Crippen molar-refractivity contribution in [3.63, 3.8) is 0 Å². The molecule has 27 heavy (non-hydrogen) atoms. The molecule has 2 aliphatic heterocycles. The van der Waals surface area contributed by atoms with Crippen LogP contribution >= 0.6 is 0 Å². The Morgan fingerprint density at radius 2 is 1.96 bits per heavy atom. The highest BCUT2D eigenvalue weighted by atomic mass is 16.5. The molecule has 0 bridgehead atoms. The minimum absolute atomic E-state index is 0.0550. The van der Waals surface area contributed by atoms with Crippen LogP contribution in [0.4, 0.5) is 5.69 Å². The maximum absolute atomic E-state index is 12.7. The number of pyridine rings is 1. The van der Waals surface area contributed by atoms with Gasteiger partial charge in [-0.05, 0) is 52.9 Å². The monoisotopic (exact) mass is 376 g/mol. The predicted molar refractivity (Wildman–Crippen MR) is 105 cm³/mol. The molecule has 3 rings (SSSR count). The van der Waals surface area contributed by atoms with Crippen LogP contribution in [0.25, 0.3) is 0 Å². The molecule has 2 atom stereocenters. The van der Waals surface area contributed by atoms with Crippen LogP contribution in [0.5, 0.6) is 0 Å². The van der Waals surface area contributed by atoms with E-state index in [9.17, 15) is 4.79 Å². The lowest BCUT2D eigenvalue weighted by atomic mass is 9.88. The number of hydrogen-bond donors (Lipinski definition) is 1. The van der Waals surface area contributed by atoms with Gasteiger partial charge in [0.2, 0.25) is 0 Å². The number of rotatable bonds is 5. The Morgan fingerprint density at radius 3 is 2.59 bits per heavy atom. The number of carbonyl (C=O) groups is 1. The normalized spacial score (nSPS) is 25.4. The number of aromatic nitrogens is 1. The van der Waals surface area contributed by atoms with Gasteiger partial charge < -0.3 is 24.6 Å².